The fourth-order valence-corrected chi connectivity index (χ4v) is 8.83. The molecule has 1 aromatic heterocycles. The molecular formula is C39H34Cl3N3O4S2. The van der Waals surface area contributed by atoms with E-state index >= 15 is 0 Å². The van der Waals surface area contributed by atoms with E-state index in [1.807, 2.05) is 47.4 Å². The van der Waals surface area contributed by atoms with Crippen LogP contribution in [0.4, 0.5) is 22.7 Å². The summed E-state index contributed by atoms with van der Waals surface area (Å²) in [7, 11) is -4.94. The van der Waals surface area contributed by atoms with E-state index in [1.54, 1.807) is 0 Å². The SMILES string of the molecule is CCN1C(=CC=C2C=C(C=Cc3sc4ccc(Cl)c(N(c5ccccc5)c5ccccc5)c4[n+]3CC)CC2)Sc2ccc(Cl)cc21.[O-][Cl+3]([O-])([O-])[O-]. The van der Waals surface area contributed by atoms with E-state index in [1.165, 1.54) is 36.5 Å². The Hall–Kier alpha value is -3.61. The van der Waals surface area contributed by atoms with Gasteiger partial charge >= 0.3 is 0 Å². The zero-order valence-electron chi connectivity index (χ0n) is 27.8. The van der Waals surface area contributed by atoms with Gasteiger partial charge in [-0.25, -0.2) is 18.6 Å². The highest BCUT2D eigenvalue weighted by atomic mass is 35.7. The predicted molar refractivity (Wildman–Crippen MR) is 200 cm³/mol. The van der Waals surface area contributed by atoms with Crippen molar-refractivity contribution < 1.29 is 33.4 Å². The van der Waals surface area contributed by atoms with E-state index in [-0.39, 0.29) is 0 Å². The van der Waals surface area contributed by atoms with Gasteiger partial charge in [-0.1, -0.05) is 101 Å². The number of thioether (sulfide) groups is 1. The van der Waals surface area contributed by atoms with Crippen LogP contribution < -0.4 is 33.0 Å². The summed E-state index contributed by atoms with van der Waals surface area (Å²) in [6.07, 6.45) is 13.5. The second kappa shape index (κ2) is 16.4. The first-order chi connectivity index (χ1) is 24.5. The third kappa shape index (κ3) is 8.89. The number of fused-ring (bicyclic) bond motifs is 2. The number of benzene rings is 4. The molecule has 0 amide bonds. The van der Waals surface area contributed by atoms with Gasteiger partial charge in [0.2, 0.25) is 5.52 Å². The molecule has 12 heteroatoms. The molecule has 0 radical (unpaired) electrons. The number of aromatic nitrogens is 1. The maximum Gasteiger partial charge on any atom is 0.262 e. The Morgan fingerprint density at radius 3 is 2.14 bits per heavy atom. The molecule has 1 aliphatic carbocycles. The number of hydrogen-bond donors (Lipinski definition) is 0. The summed E-state index contributed by atoms with van der Waals surface area (Å²) < 4.78 is 37.6. The molecule has 0 atom stereocenters. The fourth-order valence-electron chi connectivity index (χ4n) is 6.18. The Bertz CT molecular complexity index is 2100. The van der Waals surface area contributed by atoms with Gasteiger partial charge in [-0.05, 0) is 98.5 Å². The maximum atomic E-state index is 8.49. The van der Waals surface area contributed by atoms with Crippen molar-refractivity contribution in [1.82, 2.24) is 0 Å². The molecule has 2 aliphatic rings. The molecule has 0 unspecified atom stereocenters. The van der Waals surface area contributed by atoms with E-state index in [0.29, 0.717) is 0 Å². The Labute approximate surface area is 318 Å². The third-order valence-corrected chi connectivity index (χ3v) is 11.1. The summed E-state index contributed by atoms with van der Waals surface area (Å²) in [6, 6.07) is 31.3. The molecule has 0 fully saturated rings. The number of thiazole rings is 1. The molecule has 0 saturated heterocycles. The highest BCUT2D eigenvalue weighted by Crippen LogP contribution is 2.47. The quantitative estimate of drug-likeness (QED) is 0.152. The number of allylic oxidation sites excluding steroid dienone is 6. The number of rotatable bonds is 8. The summed E-state index contributed by atoms with van der Waals surface area (Å²) >= 11 is 17.0. The lowest BCUT2D eigenvalue weighted by atomic mass is 10.1. The number of nitrogens with zero attached hydrogens (tertiary/aromatic N) is 3. The van der Waals surface area contributed by atoms with Gasteiger partial charge < -0.3 is 9.80 Å². The van der Waals surface area contributed by atoms with Gasteiger partial charge in [0.1, 0.15) is 16.9 Å². The van der Waals surface area contributed by atoms with Crippen LogP contribution in [0.25, 0.3) is 16.3 Å². The van der Waals surface area contributed by atoms with Crippen molar-refractivity contribution in [3.63, 3.8) is 0 Å². The van der Waals surface area contributed by atoms with Crippen molar-refractivity contribution in [2.24, 2.45) is 0 Å². The monoisotopic (exact) mass is 777 g/mol. The lowest BCUT2D eigenvalue weighted by Gasteiger charge is -2.25. The van der Waals surface area contributed by atoms with Crippen molar-refractivity contribution >= 4 is 85.3 Å². The maximum absolute atomic E-state index is 8.49. The van der Waals surface area contributed by atoms with Crippen LogP contribution in [0.5, 0.6) is 0 Å². The van der Waals surface area contributed by atoms with Gasteiger partial charge in [-0.3, -0.25) is 0 Å². The summed E-state index contributed by atoms with van der Waals surface area (Å²) in [5.41, 5.74) is 8.20. The van der Waals surface area contributed by atoms with Gasteiger partial charge in [0.05, 0.1) is 15.7 Å². The van der Waals surface area contributed by atoms with Crippen molar-refractivity contribution in [2.75, 3.05) is 16.3 Å². The second-order valence-electron chi connectivity index (χ2n) is 11.6. The molecule has 7 rings (SSSR count). The molecular weight excluding hydrogens is 745 g/mol. The van der Waals surface area contributed by atoms with E-state index in [9.17, 15) is 0 Å². The number of hydrogen-bond acceptors (Lipinski definition) is 8. The fraction of sp³-hybridized carbons (Fsp3) is 0.154. The molecule has 262 valence electrons. The Morgan fingerprint density at radius 1 is 0.843 bits per heavy atom. The van der Waals surface area contributed by atoms with Crippen molar-refractivity contribution in [3.8, 4) is 0 Å². The average Bonchev–Trinajstić information content (AvgIpc) is 3.82. The topological polar surface area (TPSA) is 103 Å². The van der Waals surface area contributed by atoms with E-state index in [0.717, 1.165) is 58.6 Å². The van der Waals surface area contributed by atoms with Crippen LogP contribution in [0, 0.1) is 10.2 Å². The normalized spacial score (nSPS) is 15.8. The first-order valence-electron chi connectivity index (χ1n) is 16.2. The largest absolute Gasteiger partial charge is 0.335 e. The van der Waals surface area contributed by atoms with Crippen LogP contribution in [0.15, 0.2) is 136 Å². The first kappa shape index (κ1) is 37.2. The predicted octanol–water partition coefficient (Wildman–Crippen LogP) is 7.36. The standard InChI is InChI=1S/C39H34Cl2N3S2.ClHO4/c1-3-42-33-26-29(40)19-21-34(33)45-36(42)23-17-27-15-16-28(25-27)18-24-37-43(4-2)39-35(46-37)22-20-32(41)38(39)44(30-11-7-5-8-12-30)31-13-9-6-10-14-31;2-1(3,4)5/h5-14,17-26H,3-4,15-16H2,1-2H3;(H,2,3,4,5)/q+1;/p-1. The van der Waals surface area contributed by atoms with Crippen LogP contribution in [0.2, 0.25) is 10.0 Å². The van der Waals surface area contributed by atoms with E-state index < -0.39 is 10.2 Å². The van der Waals surface area contributed by atoms with Crippen LogP contribution in [0.3, 0.4) is 0 Å². The molecule has 0 N–H and O–H groups in total. The van der Waals surface area contributed by atoms with Gasteiger partial charge in [0.15, 0.2) is 0 Å². The number of anilines is 4. The number of halogens is 3. The lowest BCUT2D eigenvalue weighted by molar-refractivity contribution is -2.00. The second-order valence-corrected chi connectivity index (χ2v) is 15.3. The summed E-state index contributed by atoms with van der Waals surface area (Å²) in [6.45, 7) is 6.14. The first-order valence-corrected chi connectivity index (χ1v) is 19.9. The number of aryl methyl sites for hydroxylation is 1. The summed E-state index contributed by atoms with van der Waals surface area (Å²) in [4.78, 5) is 5.87. The molecule has 0 spiro atoms. The van der Waals surface area contributed by atoms with Gasteiger partial charge in [0, 0.05) is 33.9 Å². The number of para-hydroxylation sites is 2. The lowest BCUT2D eigenvalue weighted by Crippen LogP contribution is -2.68. The Kier molecular flexibility index (Phi) is 11.9. The molecule has 0 saturated carbocycles. The highest BCUT2D eigenvalue weighted by molar-refractivity contribution is 8.03. The molecule has 2 heterocycles. The molecule has 0 bridgehead atoms. The molecule has 7 nitrogen and oxygen atoms in total. The van der Waals surface area contributed by atoms with E-state index in [4.69, 9.17) is 41.8 Å². The molecule has 51 heavy (non-hydrogen) atoms. The Morgan fingerprint density at radius 2 is 1.51 bits per heavy atom. The third-order valence-electron chi connectivity index (χ3n) is 8.35. The Balaban J connectivity index is 0.000000839. The van der Waals surface area contributed by atoms with Crippen molar-refractivity contribution in [3.05, 3.63) is 147 Å². The van der Waals surface area contributed by atoms with Crippen LogP contribution >= 0.6 is 46.3 Å². The average molecular weight is 779 g/mol. The van der Waals surface area contributed by atoms with Crippen LogP contribution in [-0.2, 0) is 6.54 Å². The minimum Gasteiger partial charge on any atom is -0.335 e. The van der Waals surface area contributed by atoms with Gasteiger partial charge in [0.25, 0.3) is 5.01 Å². The van der Waals surface area contributed by atoms with Crippen LogP contribution in [0.1, 0.15) is 31.7 Å². The van der Waals surface area contributed by atoms with Crippen molar-refractivity contribution in [1.29, 1.82) is 0 Å². The molecule has 4 aromatic carbocycles. The van der Waals surface area contributed by atoms with E-state index in [2.05, 4.69) is 125 Å². The minimum atomic E-state index is -4.94. The van der Waals surface area contributed by atoms with Crippen molar-refractivity contribution in [2.45, 2.75) is 38.1 Å². The zero-order valence-corrected chi connectivity index (χ0v) is 31.7. The summed E-state index contributed by atoms with van der Waals surface area (Å²) in [5.74, 6) is 0. The zero-order chi connectivity index (χ0) is 36.1. The highest BCUT2D eigenvalue weighted by Gasteiger charge is 2.28. The van der Waals surface area contributed by atoms with Gasteiger partial charge in [-0.15, -0.1) is 10.2 Å². The molecule has 5 aromatic rings. The summed E-state index contributed by atoms with van der Waals surface area (Å²) in [5, 5.41) is 3.96. The van der Waals surface area contributed by atoms with Gasteiger partial charge in [-0.2, -0.15) is 4.57 Å². The minimum absolute atomic E-state index is 0.728. The molecule has 1 aliphatic heterocycles. The smallest absolute Gasteiger partial charge is 0.262 e. The van der Waals surface area contributed by atoms with Crippen LogP contribution in [-0.4, -0.2) is 6.54 Å².